The number of hydrogen-bond acceptors (Lipinski definition) is 5. The van der Waals surface area contributed by atoms with Gasteiger partial charge in [0.2, 0.25) is 0 Å². The van der Waals surface area contributed by atoms with Crippen LogP contribution in [0.3, 0.4) is 0 Å². The van der Waals surface area contributed by atoms with Crippen molar-refractivity contribution >= 4 is 28.2 Å². The summed E-state index contributed by atoms with van der Waals surface area (Å²) in [5, 5.41) is 16.3. The molecule has 0 aliphatic rings. The number of nitriles is 1. The maximum absolute atomic E-state index is 11.8. The number of urea groups is 1. The van der Waals surface area contributed by atoms with Crippen molar-refractivity contribution in [2.24, 2.45) is 0 Å². The van der Waals surface area contributed by atoms with E-state index < -0.39 is 0 Å². The minimum Gasteiger partial charge on any atom is -0.479 e. The van der Waals surface area contributed by atoms with E-state index in [9.17, 15) is 4.79 Å². The molecule has 1 aromatic heterocycles. The van der Waals surface area contributed by atoms with Crippen molar-refractivity contribution in [1.82, 2.24) is 4.98 Å². The summed E-state index contributed by atoms with van der Waals surface area (Å²) in [6, 6.07) is 8.31. The zero-order chi connectivity index (χ0) is 15.1. The molecule has 2 aromatic rings. The summed E-state index contributed by atoms with van der Waals surface area (Å²) in [6.45, 7) is 2.01. The van der Waals surface area contributed by atoms with Crippen LogP contribution in [0.25, 0.3) is 0 Å². The Hall–Kier alpha value is -2.59. The molecule has 6 nitrogen and oxygen atoms in total. The lowest BCUT2D eigenvalue weighted by molar-refractivity contribution is 0.262. The third-order valence-corrected chi connectivity index (χ3v) is 3.36. The fourth-order valence-corrected chi connectivity index (χ4v) is 2.32. The van der Waals surface area contributed by atoms with E-state index in [1.54, 1.807) is 24.3 Å². The van der Waals surface area contributed by atoms with E-state index in [1.165, 1.54) is 11.3 Å². The molecule has 2 N–H and O–H groups in total. The number of carbonyl (C=O) groups is 1. The molecular formula is C14H14N4O2S. The fourth-order valence-electron chi connectivity index (χ4n) is 1.54. The van der Waals surface area contributed by atoms with Crippen LogP contribution in [0.4, 0.5) is 15.6 Å². The Bertz CT molecular complexity index is 646. The van der Waals surface area contributed by atoms with Gasteiger partial charge in [0.15, 0.2) is 11.7 Å². The van der Waals surface area contributed by atoms with Gasteiger partial charge in [0.05, 0.1) is 5.69 Å². The number of benzene rings is 1. The number of ether oxygens (including phenoxy) is 1. The highest BCUT2D eigenvalue weighted by Crippen LogP contribution is 2.18. The van der Waals surface area contributed by atoms with Crippen LogP contribution >= 0.6 is 11.3 Å². The standard InChI is InChI=1S/C14H14N4O2S/c1-2-10-9-21-14(17-10)18-13(19)16-11-3-5-12(6-4-11)20-8-7-15/h3-6,9H,2,8H2,1H3,(H2,16,17,18,19). The van der Waals surface area contributed by atoms with Crippen LogP contribution in [0, 0.1) is 11.3 Å². The Kier molecular flexibility index (Phi) is 5.12. The van der Waals surface area contributed by atoms with Crippen LogP contribution in [0.15, 0.2) is 29.6 Å². The summed E-state index contributed by atoms with van der Waals surface area (Å²) in [7, 11) is 0. The maximum atomic E-state index is 11.8. The lowest BCUT2D eigenvalue weighted by atomic mass is 10.3. The molecule has 2 amide bonds. The molecule has 0 aliphatic heterocycles. The first-order valence-corrected chi connectivity index (χ1v) is 7.21. The zero-order valence-electron chi connectivity index (χ0n) is 11.4. The van der Waals surface area contributed by atoms with E-state index in [-0.39, 0.29) is 12.6 Å². The van der Waals surface area contributed by atoms with E-state index >= 15 is 0 Å². The molecule has 0 saturated carbocycles. The Morgan fingerprint density at radius 1 is 1.38 bits per heavy atom. The fraction of sp³-hybridized carbons (Fsp3) is 0.214. The number of anilines is 2. The molecule has 0 radical (unpaired) electrons. The minimum absolute atomic E-state index is 0.00291. The van der Waals surface area contributed by atoms with Crippen LogP contribution in [-0.2, 0) is 6.42 Å². The highest BCUT2D eigenvalue weighted by Gasteiger charge is 2.06. The number of amides is 2. The Balaban J connectivity index is 1.88. The SMILES string of the molecule is CCc1csc(NC(=O)Nc2ccc(OCC#N)cc2)n1. The number of hydrogen-bond donors (Lipinski definition) is 2. The maximum Gasteiger partial charge on any atom is 0.325 e. The van der Waals surface area contributed by atoms with Crippen LogP contribution < -0.4 is 15.4 Å². The lowest BCUT2D eigenvalue weighted by Gasteiger charge is -2.06. The highest BCUT2D eigenvalue weighted by atomic mass is 32.1. The van der Waals surface area contributed by atoms with Gasteiger partial charge in [-0.3, -0.25) is 5.32 Å². The van der Waals surface area contributed by atoms with E-state index in [0.29, 0.717) is 16.6 Å². The number of carbonyl (C=O) groups excluding carboxylic acids is 1. The van der Waals surface area contributed by atoms with Gasteiger partial charge in [0.25, 0.3) is 0 Å². The zero-order valence-corrected chi connectivity index (χ0v) is 12.2. The van der Waals surface area contributed by atoms with Gasteiger partial charge in [-0.2, -0.15) is 5.26 Å². The first-order chi connectivity index (χ1) is 10.2. The molecule has 108 valence electrons. The van der Waals surface area contributed by atoms with E-state index in [2.05, 4.69) is 15.6 Å². The summed E-state index contributed by atoms with van der Waals surface area (Å²) in [5.41, 5.74) is 1.58. The molecule has 0 fully saturated rings. The van der Waals surface area contributed by atoms with E-state index in [4.69, 9.17) is 10.00 Å². The van der Waals surface area contributed by atoms with Crippen molar-refractivity contribution in [2.45, 2.75) is 13.3 Å². The normalized spacial score (nSPS) is 9.71. The first-order valence-electron chi connectivity index (χ1n) is 6.33. The third-order valence-electron chi connectivity index (χ3n) is 2.55. The predicted molar refractivity (Wildman–Crippen MR) is 81.7 cm³/mol. The van der Waals surface area contributed by atoms with E-state index in [1.807, 2.05) is 18.4 Å². The van der Waals surface area contributed by atoms with Gasteiger partial charge in [-0.1, -0.05) is 6.92 Å². The van der Waals surface area contributed by atoms with Crippen molar-refractivity contribution in [3.05, 3.63) is 35.3 Å². The predicted octanol–water partition coefficient (Wildman–Crippen LogP) is 3.25. The molecule has 0 unspecified atom stereocenters. The molecule has 1 heterocycles. The first kappa shape index (κ1) is 14.8. The number of thiazole rings is 1. The molecule has 1 aromatic carbocycles. The largest absolute Gasteiger partial charge is 0.479 e. The molecule has 7 heteroatoms. The molecule has 0 atom stereocenters. The van der Waals surface area contributed by atoms with Crippen LogP contribution in [0.1, 0.15) is 12.6 Å². The summed E-state index contributed by atoms with van der Waals surface area (Å²) in [4.78, 5) is 16.1. The summed E-state index contributed by atoms with van der Waals surface area (Å²) < 4.78 is 5.13. The van der Waals surface area contributed by atoms with Gasteiger partial charge in [-0.15, -0.1) is 11.3 Å². The van der Waals surface area contributed by atoms with Crippen molar-refractivity contribution in [3.63, 3.8) is 0 Å². The van der Waals surface area contributed by atoms with Gasteiger partial charge in [0, 0.05) is 11.1 Å². The topological polar surface area (TPSA) is 87.0 Å². The number of aromatic nitrogens is 1. The lowest BCUT2D eigenvalue weighted by Crippen LogP contribution is -2.19. The second-order valence-electron chi connectivity index (χ2n) is 4.05. The van der Waals surface area contributed by atoms with Gasteiger partial charge in [-0.05, 0) is 30.7 Å². The third kappa shape index (κ3) is 4.47. The number of aryl methyl sites for hydroxylation is 1. The summed E-state index contributed by atoms with van der Waals surface area (Å²) in [5.74, 6) is 0.579. The monoisotopic (exact) mass is 302 g/mol. The molecule has 21 heavy (non-hydrogen) atoms. The molecule has 0 saturated heterocycles. The molecule has 0 spiro atoms. The minimum atomic E-state index is -0.349. The molecule has 2 rings (SSSR count). The highest BCUT2D eigenvalue weighted by molar-refractivity contribution is 7.13. The Morgan fingerprint density at radius 2 is 2.14 bits per heavy atom. The van der Waals surface area contributed by atoms with E-state index in [0.717, 1.165) is 12.1 Å². The average Bonchev–Trinajstić information content (AvgIpc) is 2.94. The van der Waals surface area contributed by atoms with Crippen LogP contribution in [0.2, 0.25) is 0 Å². The van der Waals surface area contributed by atoms with Crippen molar-refractivity contribution in [3.8, 4) is 11.8 Å². The average molecular weight is 302 g/mol. The number of rotatable bonds is 5. The summed E-state index contributed by atoms with van der Waals surface area (Å²) >= 11 is 1.39. The van der Waals surface area contributed by atoms with Gasteiger partial charge in [-0.25, -0.2) is 9.78 Å². The Labute approximate surface area is 126 Å². The van der Waals surface area contributed by atoms with Gasteiger partial charge < -0.3 is 10.1 Å². The second-order valence-corrected chi connectivity index (χ2v) is 4.91. The molecular weight excluding hydrogens is 288 g/mol. The van der Waals surface area contributed by atoms with Gasteiger partial charge in [0.1, 0.15) is 11.8 Å². The van der Waals surface area contributed by atoms with Crippen molar-refractivity contribution in [1.29, 1.82) is 5.26 Å². The van der Waals surface area contributed by atoms with Crippen molar-refractivity contribution in [2.75, 3.05) is 17.2 Å². The quantitative estimate of drug-likeness (QED) is 0.887. The number of nitrogens with zero attached hydrogens (tertiary/aromatic N) is 2. The van der Waals surface area contributed by atoms with Crippen LogP contribution in [-0.4, -0.2) is 17.6 Å². The molecule has 0 aliphatic carbocycles. The van der Waals surface area contributed by atoms with Gasteiger partial charge >= 0.3 is 6.03 Å². The second kappa shape index (κ2) is 7.26. The van der Waals surface area contributed by atoms with Crippen LogP contribution in [0.5, 0.6) is 5.75 Å². The Morgan fingerprint density at radius 3 is 2.76 bits per heavy atom. The summed E-state index contributed by atoms with van der Waals surface area (Å²) in [6.07, 6.45) is 0.837. The smallest absolute Gasteiger partial charge is 0.325 e. The number of nitrogens with one attached hydrogen (secondary N) is 2. The van der Waals surface area contributed by atoms with Crippen molar-refractivity contribution < 1.29 is 9.53 Å². The molecule has 0 bridgehead atoms.